The maximum atomic E-state index is 13.3. The van der Waals surface area contributed by atoms with Crippen LogP contribution in [0.4, 0.5) is 5.69 Å². The summed E-state index contributed by atoms with van der Waals surface area (Å²) in [5, 5.41) is 3.10. The number of hydrogen-bond donors (Lipinski definition) is 1. The molecule has 1 heterocycles. The number of pyridine rings is 1. The summed E-state index contributed by atoms with van der Waals surface area (Å²) in [6.45, 7) is 8.25. The monoisotopic (exact) mass is 478 g/mol. The lowest BCUT2D eigenvalue weighted by Crippen LogP contribution is -2.29. The van der Waals surface area contributed by atoms with Crippen molar-refractivity contribution in [2.24, 2.45) is 7.05 Å². The first kappa shape index (κ1) is 23.7. The molecule has 0 aliphatic rings. The smallest absolute Gasteiger partial charge is 0.261 e. The van der Waals surface area contributed by atoms with Gasteiger partial charge in [-0.2, -0.15) is 11.8 Å². The molecule has 0 saturated carbocycles. The molecule has 2 rings (SSSR count). The molecule has 2 aromatic rings. The van der Waals surface area contributed by atoms with Gasteiger partial charge in [-0.25, -0.2) is 0 Å². The topological polar surface area (TPSA) is 51.1 Å². The zero-order valence-electron chi connectivity index (χ0n) is 18.2. The van der Waals surface area contributed by atoms with Gasteiger partial charge in [0.2, 0.25) is 5.43 Å². The van der Waals surface area contributed by atoms with Crippen LogP contribution in [0.1, 0.15) is 65.6 Å². The van der Waals surface area contributed by atoms with Crippen LogP contribution in [0.3, 0.4) is 0 Å². The Morgan fingerprint density at radius 3 is 2.24 bits per heavy atom. The highest BCUT2D eigenvalue weighted by Crippen LogP contribution is 2.27. The highest BCUT2D eigenvalue weighted by atomic mass is 79.9. The molecule has 0 aliphatic carbocycles. The van der Waals surface area contributed by atoms with Crippen LogP contribution in [-0.4, -0.2) is 16.7 Å². The van der Waals surface area contributed by atoms with E-state index < -0.39 is 0 Å². The summed E-state index contributed by atoms with van der Waals surface area (Å²) in [6.07, 6.45) is 5.74. The van der Waals surface area contributed by atoms with E-state index >= 15 is 0 Å². The first-order chi connectivity index (χ1) is 13.8. The lowest BCUT2D eigenvalue weighted by Gasteiger charge is -2.20. The third-order valence-corrected chi connectivity index (χ3v) is 6.85. The normalized spacial score (nSPS) is 11.0. The molecular weight excluding hydrogens is 448 g/mol. The molecule has 158 valence electrons. The molecule has 0 unspecified atom stereocenters. The molecule has 0 radical (unpaired) electrons. The van der Waals surface area contributed by atoms with Gasteiger partial charge in [0.25, 0.3) is 5.91 Å². The Balaban J connectivity index is 2.60. The highest BCUT2D eigenvalue weighted by molar-refractivity contribution is 9.10. The van der Waals surface area contributed by atoms with Gasteiger partial charge in [0.1, 0.15) is 5.56 Å². The Labute approximate surface area is 186 Å². The lowest BCUT2D eigenvalue weighted by atomic mass is 9.96. The average molecular weight is 479 g/mol. The van der Waals surface area contributed by atoms with Crippen LogP contribution in [0.2, 0.25) is 0 Å². The molecule has 1 aromatic heterocycles. The number of nitrogens with zero attached hydrogens (tertiary/aromatic N) is 1. The van der Waals surface area contributed by atoms with Crippen LogP contribution >= 0.6 is 27.7 Å². The predicted molar refractivity (Wildman–Crippen MR) is 128 cm³/mol. The van der Waals surface area contributed by atoms with Crippen molar-refractivity contribution < 1.29 is 4.79 Å². The van der Waals surface area contributed by atoms with Crippen molar-refractivity contribution in [2.75, 3.05) is 11.6 Å². The third kappa shape index (κ3) is 4.97. The lowest BCUT2D eigenvalue weighted by molar-refractivity contribution is 0.102. The number of aromatic nitrogens is 1. The zero-order chi connectivity index (χ0) is 21.7. The van der Waals surface area contributed by atoms with Crippen molar-refractivity contribution in [1.82, 2.24) is 4.57 Å². The number of nitrogens with one attached hydrogen (secondary N) is 1. The van der Waals surface area contributed by atoms with Crippen LogP contribution in [0.15, 0.2) is 21.4 Å². The van der Waals surface area contributed by atoms with Gasteiger partial charge in [-0.3, -0.25) is 9.59 Å². The van der Waals surface area contributed by atoms with E-state index in [2.05, 4.69) is 54.2 Å². The highest BCUT2D eigenvalue weighted by Gasteiger charge is 2.23. The molecule has 4 nitrogen and oxygen atoms in total. The Morgan fingerprint density at radius 1 is 1.17 bits per heavy atom. The summed E-state index contributed by atoms with van der Waals surface area (Å²) < 4.78 is 2.38. The van der Waals surface area contributed by atoms with Crippen molar-refractivity contribution >= 4 is 39.3 Å². The van der Waals surface area contributed by atoms with Gasteiger partial charge in [-0.1, -0.05) is 39.3 Å². The molecule has 1 N–H and O–H groups in total. The number of benzene rings is 1. The van der Waals surface area contributed by atoms with Crippen molar-refractivity contribution in [3.8, 4) is 0 Å². The van der Waals surface area contributed by atoms with Crippen LogP contribution in [-0.2, 0) is 32.1 Å². The Bertz CT molecular complexity index is 941. The number of anilines is 1. The fraction of sp³-hybridized carbons (Fsp3) is 0.478. The van der Waals surface area contributed by atoms with E-state index in [1.165, 1.54) is 5.56 Å². The van der Waals surface area contributed by atoms with E-state index in [4.69, 9.17) is 0 Å². The molecule has 0 fully saturated rings. The summed E-state index contributed by atoms with van der Waals surface area (Å²) in [4.78, 5) is 26.3. The van der Waals surface area contributed by atoms with Gasteiger partial charge in [0, 0.05) is 29.9 Å². The van der Waals surface area contributed by atoms with Crippen molar-refractivity contribution in [3.05, 3.63) is 60.5 Å². The maximum Gasteiger partial charge on any atom is 0.261 e. The molecule has 1 aromatic carbocycles. The second-order valence-corrected chi connectivity index (χ2v) is 8.90. The molecule has 0 aliphatic heterocycles. The van der Waals surface area contributed by atoms with E-state index in [0.717, 1.165) is 53.9 Å². The SMILES string of the molecule is CCCc1cc(CC)c(NC(=O)c2c(CSC)n(C)c(C)c(Br)c2=O)c(CC)c1. The first-order valence-corrected chi connectivity index (χ1v) is 12.3. The number of halogens is 1. The summed E-state index contributed by atoms with van der Waals surface area (Å²) >= 11 is 4.98. The van der Waals surface area contributed by atoms with Crippen molar-refractivity contribution in [2.45, 2.75) is 59.1 Å². The molecular formula is C23H31BrN2O2S. The van der Waals surface area contributed by atoms with Crippen LogP contribution < -0.4 is 10.7 Å². The Kier molecular flexibility index (Phi) is 8.58. The molecule has 6 heteroatoms. The number of rotatable bonds is 8. The maximum absolute atomic E-state index is 13.3. The average Bonchev–Trinajstić information content (AvgIpc) is 2.71. The van der Waals surface area contributed by atoms with Gasteiger partial charge < -0.3 is 9.88 Å². The fourth-order valence-corrected chi connectivity index (χ4v) is 4.71. The minimum atomic E-state index is -0.331. The summed E-state index contributed by atoms with van der Waals surface area (Å²) in [6, 6.07) is 4.37. The second-order valence-electron chi connectivity index (χ2n) is 7.24. The fourth-order valence-electron chi connectivity index (χ4n) is 3.63. The second kappa shape index (κ2) is 10.5. The van der Waals surface area contributed by atoms with E-state index in [9.17, 15) is 9.59 Å². The predicted octanol–water partition coefficient (Wildman–Crippen LogP) is 5.65. The summed E-state index contributed by atoms with van der Waals surface area (Å²) in [7, 11) is 1.90. The molecule has 0 atom stereocenters. The molecule has 29 heavy (non-hydrogen) atoms. The van der Waals surface area contributed by atoms with Gasteiger partial charge in [-0.05, 0) is 65.1 Å². The Hall–Kier alpha value is -1.53. The van der Waals surface area contributed by atoms with E-state index in [1.807, 2.05) is 24.8 Å². The van der Waals surface area contributed by atoms with Gasteiger partial charge >= 0.3 is 0 Å². The molecule has 0 saturated heterocycles. The van der Waals surface area contributed by atoms with Crippen LogP contribution in [0, 0.1) is 6.92 Å². The number of thioether (sulfide) groups is 1. The minimum absolute atomic E-state index is 0.223. The minimum Gasteiger partial charge on any atom is -0.349 e. The number of carbonyl (C=O) groups excluding carboxylic acids is 1. The van der Waals surface area contributed by atoms with Gasteiger partial charge in [0.15, 0.2) is 0 Å². The Morgan fingerprint density at radius 2 is 1.76 bits per heavy atom. The molecule has 0 spiro atoms. The number of hydrogen-bond acceptors (Lipinski definition) is 3. The summed E-state index contributed by atoms with van der Waals surface area (Å²) in [5.74, 6) is 0.266. The van der Waals surface area contributed by atoms with E-state index in [-0.39, 0.29) is 16.9 Å². The van der Waals surface area contributed by atoms with Gasteiger partial charge in [-0.15, -0.1) is 0 Å². The van der Waals surface area contributed by atoms with E-state index in [1.54, 1.807) is 11.8 Å². The van der Waals surface area contributed by atoms with Gasteiger partial charge in [0.05, 0.1) is 4.47 Å². The number of amides is 1. The first-order valence-electron chi connectivity index (χ1n) is 10.1. The zero-order valence-corrected chi connectivity index (χ0v) is 20.6. The molecule has 0 bridgehead atoms. The van der Waals surface area contributed by atoms with Crippen LogP contribution in [0.25, 0.3) is 0 Å². The van der Waals surface area contributed by atoms with Crippen molar-refractivity contribution in [1.29, 1.82) is 0 Å². The quantitative estimate of drug-likeness (QED) is 0.533. The number of aryl methyl sites for hydroxylation is 3. The summed E-state index contributed by atoms with van der Waals surface area (Å²) in [5.41, 5.74) is 5.94. The largest absolute Gasteiger partial charge is 0.349 e. The van der Waals surface area contributed by atoms with E-state index in [0.29, 0.717) is 10.2 Å². The molecule has 1 amide bonds. The van der Waals surface area contributed by atoms with Crippen LogP contribution in [0.5, 0.6) is 0 Å². The van der Waals surface area contributed by atoms with Crippen molar-refractivity contribution in [3.63, 3.8) is 0 Å². The third-order valence-electron chi connectivity index (χ3n) is 5.35. The number of carbonyl (C=O) groups is 1. The standard InChI is InChI=1S/C23H31BrN2O2S/c1-7-10-15-11-16(8-2)21(17(9-3)12-15)25-23(28)19-18(13-29-6)26(5)14(4)20(24)22(19)27/h11-12H,7-10,13H2,1-6H3,(H,25,28).